The predicted molar refractivity (Wildman–Crippen MR) is 140 cm³/mol. The zero-order valence-electron chi connectivity index (χ0n) is 22.5. The highest BCUT2D eigenvalue weighted by atomic mass is 19.1. The van der Waals surface area contributed by atoms with Gasteiger partial charge in [-0.1, -0.05) is 69.3 Å². The molecule has 0 fully saturated rings. The van der Waals surface area contributed by atoms with E-state index in [1.165, 1.54) is 6.20 Å². The Morgan fingerprint density at radius 1 is 1.06 bits per heavy atom. The van der Waals surface area contributed by atoms with Gasteiger partial charge in [-0.15, -0.1) is 0 Å². The van der Waals surface area contributed by atoms with Crippen LogP contribution in [-0.2, 0) is 13.4 Å². The van der Waals surface area contributed by atoms with E-state index in [-0.39, 0.29) is 5.56 Å². The molecule has 0 aliphatic heterocycles. The van der Waals surface area contributed by atoms with Crippen molar-refractivity contribution in [3.8, 4) is 22.4 Å². The SMILES string of the molecule is [2H]C([2H])(c1cc(-c2c(C)cc(-c3ccccc3)c3c2oc2c([N+]#[C-])cccc23)[n+](C)cc1F)C(C)(C)C. The van der Waals surface area contributed by atoms with E-state index < -0.39 is 17.6 Å². The summed E-state index contributed by atoms with van der Waals surface area (Å²) in [6.07, 6.45) is -0.583. The highest BCUT2D eigenvalue weighted by molar-refractivity contribution is 6.18. The number of aromatic nitrogens is 1. The normalized spacial score (nSPS) is 13.1. The molecule has 2 aromatic heterocycles. The summed E-state index contributed by atoms with van der Waals surface area (Å²) in [4.78, 5) is 3.68. The molecule has 0 spiro atoms. The van der Waals surface area contributed by atoms with Crippen LogP contribution in [0.5, 0.6) is 0 Å². The Morgan fingerprint density at radius 3 is 2.49 bits per heavy atom. The zero-order chi connectivity index (χ0) is 26.7. The first-order chi connectivity index (χ1) is 17.5. The maximum atomic E-state index is 15.2. The number of hydrogen-bond acceptors (Lipinski definition) is 1. The maximum absolute atomic E-state index is 15.2. The minimum Gasteiger partial charge on any atom is -0.466 e. The third kappa shape index (κ3) is 3.98. The molecule has 2 heterocycles. The van der Waals surface area contributed by atoms with Gasteiger partial charge in [-0.2, -0.15) is 4.57 Å². The molecule has 0 unspecified atom stereocenters. The molecular weight excluding hydrogens is 435 g/mol. The van der Waals surface area contributed by atoms with E-state index >= 15 is 4.39 Å². The van der Waals surface area contributed by atoms with E-state index in [1.54, 1.807) is 44.5 Å². The number of furan rings is 1. The predicted octanol–water partition coefficient (Wildman–Crippen LogP) is 8.33. The molecule has 5 rings (SSSR count). The molecule has 5 aromatic rings. The van der Waals surface area contributed by atoms with E-state index in [4.69, 9.17) is 13.7 Å². The summed E-state index contributed by atoms with van der Waals surface area (Å²) < 4.78 is 40.9. The Labute approximate surface area is 208 Å². The zero-order valence-corrected chi connectivity index (χ0v) is 20.5. The topological polar surface area (TPSA) is 21.4 Å². The van der Waals surface area contributed by atoms with Crippen molar-refractivity contribution in [2.75, 3.05) is 0 Å². The Kier molecular flexibility index (Phi) is 4.87. The average Bonchev–Trinajstić information content (AvgIpc) is 3.23. The largest absolute Gasteiger partial charge is 0.466 e. The highest BCUT2D eigenvalue weighted by Gasteiger charge is 2.27. The Balaban J connectivity index is 1.93. The summed E-state index contributed by atoms with van der Waals surface area (Å²) in [6.45, 7) is 14.9. The molecule has 3 aromatic carbocycles. The van der Waals surface area contributed by atoms with Gasteiger partial charge in [-0.3, -0.25) is 0 Å². The Bertz CT molecular complexity index is 1720. The smallest absolute Gasteiger partial charge is 0.229 e. The van der Waals surface area contributed by atoms with E-state index in [9.17, 15) is 0 Å². The van der Waals surface area contributed by atoms with Crippen LogP contribution in [0, 0.1) is 24.7 Å². The molecule has 0 aliphatic carbocycles. The van der Waals surface area contributed by atoms with Gasteiger partial charge in [0.05, 0.1) is 12.1 Å². The van der Waals surface area contributed by atoms with Crippen LogP contribution in [-0.4, -0.2) is 0 Å². The lowest BCUT2D eigenvalue weighted by molar-refractivity contribution is -0.662. The number of nitrogens with zero attached hydrogens (tertiary/aromatic N) is 2. The summed E-state index contributed by atoms with van der Waals surface area (Å²) >= 11 is 0. The number of benzene rings is 3. The standard InChI is InChI=1S/C31H28FN2O/c1-19-15-23(20-11-8-7-9-12-20)28-22-13-10-14-25(33-5)29(22)35-30(28)27(19)26-16-21(17-31(2,3)4)24(32)18-34(26)6/h7-16,18H,17H2,1-4,6H3/q+1/i17D2. The van der Waals surface area contributed by atoms with Crippen LogP contribution < -0.4 is 4.57 Å². The summed E-state index contributed by atoms with van der Waals surface area (Å²) in [7, 11) is 1.75. The maximum Gasteiger partial charge on any atom is 0.229 e. The van der Waals surface area contributed by atoms with Crippen LogP contribution >= 0.6 is 0 Å². The third-order valence-corrected chi connectivity index (χ3v) is 6.14. The van der Waals surface area contributed by atoms with Crippen LogP contribution in [0.15, 0.2) is 71.3 Å². The Morgan fingerprint density at radius 2 is 1.80 bits per heavy atom. The molecule has 0 amide bonds. The first kappa shape index (κ1) is 20.4. The monoisotopic (exact) mass is 465 g/mol. The second kappa shape index (κ2) is 8.36. The van der Waals surface area contributed by atoms with Gasteiger partial charge in [0.15, 0.2) is 5.82 Å². The van der Waals surface area contributed by atoms with Crippen molar-refractivity contribution >= 4 is 27.6 Å². The van der Waals surface area contributed by atoms with Gasteiger partial charge in [-0.25, -0.2) is 9.24 Å². The number of para-hydroxylation sites is 1. The fraction of sp³-hybridized carbons (Fsp3) is 0.226. The highest BCUT2D eigenvalue weighted by Crippen LogP contribution is 2.45. The van der Waals surface area contributed by atoms with Gasteiger partial charge >= 0.3 is 0 Å². The lowest BCUT2D eigenvalue weighted by Gasteiger charge is -2.18. The van der Waals surface area contributed by atoms with E-state index in [1.807, 2.05) is 49.4 Å². The van der Waals surface area contributed by atoms with Crippen molar-refractivity contribution < 1.29 is 16.1 Å². The number of pyridine rings is 1. The van der Waals surface area contributed by atoms with Gasteiger partial charge in [0.25, 0.3) is 0 Å². The van der Waals surface area contributed by atoms with Crippen LogP contribution in [0.2, 0.25) is 0 Å². The summed E-state index contributed by atoms with van der Waals surface area (Å²) in [5.41, 5.74) is 4.98. The van der Waals surface area contributed by atoms with E-state index in [0.29, 0.717) is 22.5 Å². The van der Waals surface area contributed by atoms with Crippen LogP contribution in [0.3, 0.4) is 0 Å². The van der Waals surface area contributed by atoms with E-state index in [2.05, 4.69) is 10.9 Å². The number of fused-ring (bicyclic) bond motifs is 3. The summed E-state index contributed by atoms with van der Waals surface area (Å²) in [5.74, 6) is -0.596. The lowest BCUT2D eigenvalue weighted by atomic mass is 9.87. The van der Waals surface area contributed by atoms with Crippen molar-refractivity contribution in [1.29, 1.82) is 0 Å². The van der Waals surface area contributed by atoms with Gasteiger partial charge in [-0.05, 0) is 41.5 Å². The summed E-state index contributed by atoms with van der Waals surface area (Å²) in [5, 5.41) is 1.70. The fourth-order valence-corrected chi connectivity index (χ4v) is 4.70. The quantitative estimate of drug-likeness (QED) is 0.194. The van der Waals surface area contributed by atoms with Gasteiger partial charge in [0.2, 0.25) is 17.6 Å². The first-order valence-corrected chi connectivity index (χ1v) is 11.6. The molecule has 0 saturated carbocycles. The van der Waals surface area contributed by atoms with Crippen molar-refractivity contribution in [2.24, 2.45) is 12.5 Å². The van der Waals surface area contributed by atoms with Crippen molar-refractivity contribution in [1.82, 2.24) is 0 Å². The lowest BCUT2D eigenvalue weighted by Crippen LogP contribution is -2.32. The minimum absolute atomic E-state index is 0.00532. The van der Waals surface area contributed by atoms with E-state index in [0.717, 1.165) is 33.0 Å². The minimum atomic E-state index is -1.91. The van der Waals surface area contributed by atoms with Crippen LogP contribution in [0.25, 0.3) is 49.2 Å². The molecule has 0 aliphatic rings. The third-order valence-electron chi connectivity index (χ3n) is 6.14. The Hall–Kier alpha value is -3.97. The van der Waals surface area contributed by atoms with Gasteiger partial charge < -0.3 is 4.42 Å². The molecule has 174 valence electrons. The number of aryl methyl sites for hydroxylation is 2. The first-order valence-electron chi connectivity index (χ1n) is 12.6. The molecule has 0 bridgehead atoms. The van der Waals surface area contributed by atoms with Crippen LogP contribution in [0.4, 0.5) is 10.1 Å². The van der Waals surface area contributed by atoms with Crippen molar-refractivity contribution in [2.45, 2.75) is 34.1 Å². The molecule has 3 nitrogen and oxygen atoms in total. The molecule has 0 atom stereocenters. The molecule has 0 N–H and O–H groups in total. The number of hydrogen-bond donors (Lipinski definition) is 0. The number of rotatable bonds is 3. The molecular formula is C31H28FN2O+. The van der Waals surface area contributed by atoms with Gasteiger partial charge in [0.1, 0.15) is 18.2 Å². The molecule has 0 saturated heterocycles. The van der Waals surface area contributed by atoms with Gasteiger partial charge in [0, 0.05) is 25.1 Å². The van der Waals surface area contributed by atoms with Crippen LogP contribution in [0.1, 0.15) is 34.6 Å². The molecule has 4 heteroatoms. The summed E-state index contributed by atoms with van der Waals surface area (Å²) in [6, 6.07) is 19.3. The molecule has 35 heavy (non-hydrogen) atoms. The number of halogens is 1. The average molecular weight is 466 g/mol. The second-order valence-corrected chi connectivity index (χ2v) is 9.96. The fourth-order valence-electron chi connectivity index (χ4n) is 4.70. The second-order valence-electron chi connectivity index (χ2n) is 9.96. The van der Waals surface area contributed by atoms with Crippen molar-refractivity contribution in [3.05, 3.63) is 95.2 Å². The molecule has 0 radical (unpaired) electrons. The van der Waals surface area contributed by atoms with Crippen molar-refractivity contribution in [3.63, 3.8) is 0 Å².